The summed E-state index contributed by atoms with van der Waals surface area (Å²) >= 11 is 0. The number of nitriles is 1. The number of nitrogens with zero attached hydrogens (tertiary/aromatic N) is 2. The summed E-state index contributed by atoms with van der Waals surface area (Å²) < 4.78 is 5.40. The maximum Gasteiger partial charge on any atom is 0.410 e. The van der Waals surface area contributed by atoms with Crippen LogP contribution in [0.1, 0.15) is 53.9 Å². The van der Waals surface area contributed by atoms with E-state index in [2.05, 4.69) is 6.07 Å². The summed E-state index contributed by atoms with van der Waals surface area (Å²) in [7, 11) is 0. The van der Waals surface area contributed by atoms with Crippen molar-refractivity contribution in [2.24, 2.45) is 5.41 Å². The Balaban J connectivity index is 2.72. The molecule has 1 rings (SSSR count). The first-order valence-corrected chi connectivity index (χ1v) is 6.60. The second-order valence-electron chi connectivity index (χ2n) is 6.45. The minimum atomic E-state index is -0.496. The van der Waals surface area contributed by atoms with Gasteiger partial charge in [-0.2, -0.15) is 5.26 Å². The molecule has 0 radical (unpaired) electrons. The lowest BCUT2D eigenvalue weighted by Gasteiger charge is -2.41. The van der Waals surface area contributed by atoms with Crippen LogP contribution in [0, 0.1) is 16.7 Å². The Morgan fingerprint density at radius 1 is 1.44 bits per heavy atom. The Hall–Kier alpha value is -1.24. The first-order chi connectivity index (χ1) is 8.19. The molecule has 0 aromatic heterocycles. The molecule has 1 amide bonds. The first-order valence-electron chi connectivity index (χ1n) is 6.60. The van der Waals surface area contributed by atoms with Crippen molar-refractivity contribution in [3.8, 4) is 6.07 Å². The van der Waals surface area contributed by atoms with E-state index in [9.17, 15) is 10.1 Å². The molecule has 0 aromatic carbocycles. The van der Waals surface area contributed by atoms with E-state index in [4.69, 9.17) is 4.74 Å². The highest BCUT2D eigenvalue weighted by Crippen LogP contribution is 2.41. The molecule has 0 unspecified atom stereocenters. The number of ether oxygens (including phenoxy) is 1. The Kier molecular flexibility index (Phi) is 4.26. The molecule has 1 aliphatic carbocycles. The van der Waals surface area contributed by atoms with E-state index in [1.54, 1.807) is 4.90 Å². The molecule has 4 nitrogen and oxygen atoms in total. The van der Waals surface area contributed by atoms with Gasteiger partial charge in [0.05, 0.1) is 11.5 Å². The lowest BCUT2D eigenvalue weighted by molar-refractivity contribution is 0.00579. The zero-order valence-electron chi connectivity index (χ0n) is 12.1. The third-order valence-corrected chi connectivity index (χ3v) is 3.27. The molecule has 0 N–H and O–H groups in total. The molecule has 0 aromatic rings. The molecular weight excluding hydrogens is 228 g/mol. The second-order valence-corrected chi connectivity index (χ2v) is 6.45. The summed E-state index contributed by atoms with van der Waals surface area (Å²) in [6.45, 7) is 9.95. The van der Waals surface area contributed by atoms with Gasteiger partial charge in [-0.1, -0.05) is 6.42 Å². The lowest BCUT2D eigenvalue weighted by Crippen LogP contribution is -2.48. The van der Waals surface area contributed by atoms with E-state index in [-0.39, 0.29) is 17.6 Å². The molecule has 1 aliphatic rings. The molecule has 4 heteroatoms. The molecule has 0 bridgehead atoms. The van der Waals surface area contributed by atoms with Crippen LogP contribution in [0.2, 0.25) is 0 Å². The zero-order valence-corrected chi connectivity index (χ0v) is 12.1. The number of hydrogen-bond acceptors (Lipinski definition) is 3. The van der Waals surface area contributed by atoms with Gasteiger partial charge >= 0.3 is 6.09 Å². The van der Waals surface area contributed by atoms with Crippen LogP contribution in [0.25, 0.3) is 0 Å². The minimum Gasteiger partial charge on any atom is -0.444 e. The molecule has 0 heterocycles. The minimum absolute atomic E-state index is 0.0469. The van der Waals surface area contributed by atoms with E-state index < -0.39 is 5.60 Å². The van der Waals surface area contributed by atoms with Crippen molar-refractivity contribution in [2.75, 3.05) is 6.54 Å². The highest BCUT2D eigenvalue weighted by molar-refractivity contribution is 5.68. The summed E-state index contributed by atoms with van der Waals surface area (Å²) in [5.41, 5.74) is -0.842. The van der Waals surface area contributed by atoms with Crippen LogP contribution in [0.3, 0.4) is 0 Å². The largest absolute Gasteiger partial charge is 0.444 e. The number of rotatable bonds is 3. The molecule has 102 valence electrons. The van der Waals surface area contributed by atoms with Crippen LogP contribution < -0.4 is 0 Å². The van der Waals surface area contributed by atoms with Crippen LogP contribution >= 0.6 is 0 Å². The Labute approximate surface area is 110 Å². The fraction of sp³-hybridized carbons (Fsp3) is 0.857. The molecular formula is C14H24N2O2. The summed E-state index contributed by atoms with van der Waals surface area (Å²) in [4.78, 5) is 13.8. The zero-order chi connectivity index (χ0) is 14.0. The van der Waals surface area contributed by atoms with Crippen LogP contribution in [-0.2, 0) is 4.74 Å². The topological polar surface area (TPSA) is 53.3 Å². The quantitative estimate of drug-likeness (QED) is 0.774. The van der Waals surface area contributed by atoms with Gasteiger partial charge in [-0.25, -0.2) is 4.79 Å². The molecule has 0 saturated heterocycles. The van der Waals surface area contributed by atoms with Gasteiger partial charge in [0.25, 0.3) is 0 Å². The summed E-state index contributed by atoms with van der Waals surface area (Å²) in [6, 6.07) is 2.42. The maximum atomic E-state index is 12.1. The smallest absolute Gasteiger partial charge is 0.410 e. The highest BCUT2D eigenvalue weighted by atomic mass is 16.6. The monoisotopic (exact) mass is 252 g/mol. The predicted octanol–water partition coefficient (Wildman–Crippen LogP) is 3.33. The van der Waals surface area contributed by atoms with Crippen LogP contribution in [0.5, 0.6) is 0 Å². The van der Waals surface area contributed by atoms with Crippen molar-refractivity contribution < 1.29 is 9.53 Å². The number of hydrogen-bond donors (Lipinski definition) is 0. The Morgan fingerprint density at radius 2 is 2.00 bits per heavy atom. The van der Waals surface area contributed by atoms with Crippen LogP contribution in [0.15, 0.2) is 0 Å². The van der Waals surface area contributed by atoms with E-state index in [0.29, 0.717) is 6.54 Å². The summed E-state index contributed by atoms with van der Waals surface area (Å²) in [6.07, 6.45) is 2.53. The normalized spacial score (nSPS) is 17.8. The van der Waals surface area contributed by atoms with Gasteiger partial charge in [0.1, 0.15) is 5.60 Å². The number of carbonyl (C=O) groups is 1. The van der Waals surface area contributed by atoms with Crippen molar-refractivity contribution in [3.63, 3.8) is 0 Å². The van der Waals surface area contributed by atoms with Crippen LogP contribution in [0.4, 0.5) is 4.79 Å². The van der Waals surface area contributed by atoms with Crippen molar-refractivity contribution in [1.82, 2.24) is 4.90 Å². The predicted molar refractivity (Wildman–Crippen MR) is 70.0 cm³/mol. The van der Waals surface area contributed by atoms with Gasteiger partial charge in [0.15, 0.2) is 0 Å². The summed E-state index contributed by atoms with van der Waals surface area (Å²) in [5, 5.41) is 9.25. The molecule has 0 spiro atoms. The molecule has 1 saturated carbocycles. The van der Waals surface area contributed by atoms with Gasteiger partial charge in [-0.15, -0.1) is 0 Å². The van der Waals surface area contributed by atoms with Crippen molar-refractivity contribution in [3.05, 3.63) is 0 Å². The summed E-state index contributed by atoms with van der Waals surface area (Å²) in [5.74, 6) is 0. The van der Waals surface area contributed by atoms with Crippen molar-refractivity contribution >= 4 is 6.09 Å². The maximum absolute atomic E-state index is 12.1. The highest BCUT2D eigenvalue weighted by Gasteiger charge is 2.41. The van der Waals surface area contributed by atoms with E-state index in [1.165, 1.54) is 0 Å². The van der Waals surface area contributed by atoms with Crippen molar-refractivity contribution in [2.45, 2.75) is 65.5 Å². The van der Waals surface area contributed by atoms with Gasteiger partial charge in [-0.05, 0) is 47.5 Å². The standard InChI is InChI=1S/C14H24N2O2/c1-11(2)16(12(17)18-13(3,4)5)10-14(9-15)7-6-8-14/h11H,6-8,10H2,1-5H3. The van der Waals surface area contributed by atoms with Crippen molar-refractivity contribution in [1.29, 1.82) is 5.26 Å². The third-order valence-electron chi connectivity index (χ3n) is 3.27. The number of amides is 1. The molecule has 18 heavy (non-hydrogen) atoms. The average molecular weight is 252 g/mol. The van der Waals surface area contributed by atoms with E-state index in [1.807, 2.05) is 34.6 Å². The molecule has 0 atom stereocenters. The SMILES string of the molecule is CC(C)N(CC1(C#N)CCC1)C(=O)OC(C)(C)C. The van der Waals surface area contributed by atoms with E-state index >= 15 is 0 Å². The van der Waals surface area contributed by atoms with Gasteiger partial charge < -0.3 is 9.64 Å². The fourth-order valence-corrected chi connectivity index (χ4v) is 2.01. The van der Waals surface area contributed by atoms with Gasteiger partial charge in [0, 0.05) is 12.6 Å². The molecule has 0 aliphatic heterocycles. The Bertz CT molecular complexity index is 346. The second kappa shape index (κ2) is 5.17. The lowest BCUT2D eigenvalue weighted by atomic mass is 9.69. The fourth-order valence-electron chi connectivity index (χ4n) is 2.01. The third kappa shape index (κ3) is 3.63. The van der Waals surface area contributed by atoms with E-state index in [0.717, 1.165) is 19.3 Å². The van der Waals surface area contributed by atoms with Gasteiger partial charge in [0.2, 0.25) is 0 Å². The molecule has 1 fully saturated rings. The van der Waals surface area contributed by atoms with Crippen LogP contribution in [-0.4, -0.2) is 29.2 Å². The van der Waals surface area contributed by atoms with Gasteiger partial charge in [-0.3, -0.25) is 0 Å². The first kappa shape index (κ1) is 14.8. The average Bonchev–Trinajstić information content (AvgIpc) is 2.13. The number of carbonyl (C=O) groups excluding carboxylic acids is 1. The Morgan fingerprint density at radius 3 is 2.28 bits per heavy atom.